The van der Waals surface area contributed by atoms with Crippen LogP contribution in [0.3, 0.4) is 0 Å². The van der Waals surface area contributed by atoms with E-state index >= 15 is 0 Å². The minimum atomic E-state index is 0.483. The number of rotatable bonds is 2. The minimum absolute atomic E-state index is 0.483. The van der Waals surface area contributed by atoms with Crippen molar-refractivity contribution in [2.75, 3.05) is 13.1 Å². The normalized spacial score (nSPS) is 18.1. The maximum Gasteiger partial charge on any atom is 0.133 e. The molecule has 3 heteroatoms. The van der Waals surface area contributed by atoms with Crippen LogP contribution in [0.15, 0.2) is 39.9 Å². The van der Waals surface area contributed by atoms with Gasteiger partial charge in [-0.1, -0.05) is 0 Å². The van der Waals surface area contributed by atoms with Crippen molar-refractivity contribution in [1.82, 2.24) is 5.32 Å². The fraction of sp³-hybridized carbons (Fsp3) is 0.357. The van der Waals surface area contributed by atoms with Crippen molar-refractivity contribution < 1.29 is 4.42 Å². The Hall–Kier alpha value is -1.61. The minimum Gasteiger partial charge on any atom is -0.464 e. The van der Waals surface area contributed by atoms with Crippen LogP contribution in [-0.4, -0.2) is 25.3 Å². The summed E-state index contributed by atoms with van der Waals surface area (Å²) in [6.07, 6.45) is 6.00. The van der Waals surface area contributed by atoms with Crippen molar-refractivity contribution in [2.45, 2.75) is 18.9 Å². The first-order valence-corrected chi connectivity index (χ1v) is 6.13. The number of hydrogen-bond acceptors (Lipinski definition) is 3. The van der Waals surface area contributed by atoms with Gasteiger partial charge in [-0.05, 0) is 55.8 Å². The van der Waals surface area contributed by atoms with Crippen molar-refractivity contribution >= 4 is 17.2 Å². The van der Waals surface area contributed by atoms with E-state index in [9.17, 15) is 0 Å². The van der Waals surface area contributed by atoms with Crippen LogP contribution >= 0.6 is 0 Å². The molecule has 0 spiro atoms. The van der Waals surface area contributed by atoms with Crippen molar-refractivity contribution in [1.29, 1.82) is 0 Å². The van der Waals surface area contributed by atoms with Gasteiger partial charge in [0.05, 0.1) is 12.3 Å². The van der Waals surface area contributed by atoms with Crippen LogP contribution in [0.2, 0.25) is 0 Å². The third-order valence-electron chi connectivity index (χ3n) is 3.22. The van der Waals surface area contributed by atoms with Crippen molar-refractivity contribution in [3.8, 4) is 0 Å². The second-order valence-corrected chi connectivity index (χ2v) is 4.48. The molecule has 3 rings (SSSR count). The highest BCUT2D eigenvalue weighted by atomic mass is 16.3. The highest BCUT2D eigenvalue weighted by molar-refractivity contribution is 5.88. The molecule has 0 radical (unpaired) electrons. The molecule has 0 aliphatic carbocycles. The molecule has 1 aromatic heterocycles. The number of nitrogens with zero attached hydrogens (tertiary/aromatic N) is 1. The van der Waals surface area contributed by atoms with Crippen LogP contribution < -0.4 is 5.32 Å². The summed E-state index contributed by atoms with van der Waals surface area (Å²) in [5, 5.41) is 4.49. The Morgan fingerprint density at radius 1 is 1.24 bits per heavy atom. The van der Waals surface area contributed by atoms with Crippen LogP contribution in [0.4, 0.5) is 0 Å². The summed E-state index contributed by atoms with van der Waals surface area (Å²) in [6.45, 7) is 2.17. The second-order valence-electron chi connectivity index (χ2n) is 4.48. The van der Waals surface area contributed by atoms with E-state index < -0.39 is 0 Å². The lowest BCUT2D eigenvalue weighted by Gasteiger charge is -2.18. The number of aliphatic imine (C=N–C) groups is 1. The molecule has 1 fully saturated rings. The number of furan rings is 1. The van der Waals surface area contributed by atoms with Crippen LogP contribution in [0.25, 0.3) is 11.0 Å². The summed E-state index contributed by atoms with van der Waals surface area (Å²) < 4.78 is 5.31. The zero-order valence-corrected chi connectivity index (χ0v) is 9.73. The fourth-order valence-corrected chi connectivity index (χ4v) is 2.21. The predicted octanol–water partition coefficient (Wildman–Crippen LogP) is 2.60. The Bertz CT molecular complexity index is 524. The van der Waals surface area contributed by atoms with Gasteiger partial charge in [0.1, 0.15) is 5.58 Å². The molecule has 0 amide bonds. The molecule has 3 nitrogen and oxygen atoms in total. The topological polar surface area (TPSA) is 37.5 Å². The standard InChI is InChI=1S/C14H16N2O/c1-2-14-12(5-8-17-14)9-11(1)10-16-13-3-6-15-7-4-13/h1-2,5,8-10,13,15H,3-4,6-7H2. The lowest BCUT2D eigenvalue weighted by atomic mass is 10.1. The number of benzene rings is 1. The first-order chi connectivity index (χ1) is 8.42. The molecule has 2 aromatic rings. The summed E-state index contributed by atoms with van der Waals surface area (Å²) in [6, 6.07) is 8.63. The summed E-state index contributed by atoms with van der Waals surface area (Å²) in [4.78, 5) is 4.65. The highest BCUT2D eigenvalue weighted by Crippen LogP contribution is 2.16. The predicted molar refractivity (Wildman–Crippen MR) is 69.7 cm³/mol. The molecular weight excluding hydrogens is 212 g/mol. The lowest BCUT2D eigenvalue weighted by molar-refractivity contribution is 0.461. The molecule has 1 aliphatic rings. The quantitative estimate of drug-likeness (QED) is 0.802. The summed E-state index contributed by atoms with van der Waals surface area (Å²) >= 11 is 0. The van der Waals surface area contributed by atoms with E-state index in [2.05, 4.69) is 22.4 Å². The monoisotopic (exact) mass is 228 g/mol. The molecule has 0 saturated carbocycles. The Morgan fingerprint density at radius 3 is 3.00 bits per heavy atom. The molecule has 1 aliphatic heterocycles. The van der Waals surface area contributed by atoms with E-state index in [0.29, 0.717) is 6.04 Å². The molecule has 1 saturated heterocycles. The summed E-state index contributed by atoms with van der Waals surface area (Å²) in [5.41, 5.74) is 2.08. The van der Waals surface area contributed by atoms with E-state index in [1.807, 2.05) is 18.3 Å². The largest absolute Gasteiger partial charge is 0.464 e. The smallest absolute Gasteiger partial charge is 0.133 e. The van der Waals surface area contributed by atoms with E-state index in [1.165, 1.54) is 0 Å². The van der Waals surface area contributed by atoms with E-state index in [0.717, 1.165) is 42.5 Å². The van der Waals surface area contributed by atoms with Crippen LogP contribution in [0.1, 0.15) is 18.4 Å². The molecule has 88 valence electrons. The maximum absolute atomic E-state index is 5.31. The lowest BCUT2D eigenvalue weighted by Crippen LogP contribution is -2.29. The fourth-order valence-electron chi connectivity index (χ4n) is 2.21. The van der Waals surface area contributed by atoms with Gasteiger partial charge in [-0.25, -0.2) is 0 Å². The molecule has 0 bridgehead atoms. The third-order valence-corrected chi connectivity index (χ3v) is 3.22. The summed E-state index contributed by atoms with van der Waals surface area (Å²) in [5.74, 6) is 0. The van der Waals surface area contributed by atoms with Crippen molar-refractivity contribution in [3.05, 3.63) is 36.1 Å². The van der Waals surface area contributed by atoms with E-state index in [-0.39, 0.29) is 0 Å². The molecule has 1 N–H and O–H groups in total. The number of fused-ring (bicyclic) bond motifs is 1. The SMILES string of the molecule is C(=NC1CCNCC1)c1ccc2occc2c1. The average Bonchev–Trinajstić information content (AvgIpc) is 2.85. The number of piperidine rings is 1. The van der Waals surface area contributed by atoms with Gasteiger partial charge in [-0.15, -0.1) is 0 Å². The molecular formula is C14H16N2O. The van der Waals surface area contributed by atoms with E-state index in [4.69, 9.17) is 4.42 Å². The average molecular weight is 228 g/mol. The van der Waals surface area contributed by atoms with Gasteiger partial charge in [0.15, 0.2) is 0 Å². The van der Waals surface area contributed by atoms with Crippen LogP contribution in [0.5, 0.6) is 0 Å². The summed E-state index contributed by atoms with van der Waals surface area (Å²) in [7, 11) is 0. The molecule has 0 atom stereocenters. The highest BCUT2D eigenvalue weighted by Gasteiger charge is 2.09. The first-order valence-electron chi connectivity index (χ1n) is 6.13. The van der Waals surface area contributed by atoms with Gasteiger partial charge in [-0.2, -0.15) is 0 Å². The van der Waals surface area contributed by atoms with Crippen LogP contribution in [-0.2, 0) is 0 Å². The first kappa shape index (κ1) is 10.5. The van der Waals surface area contributed by atoms with Crippen molar-refractivity contribution in [2.24, 2.45) is 4.99 Å². The zero-order chi connectivity index (χ0) is 11.5. The second kappa shape index (κ2) is 4.72. The van der Waals surface area contributed by atoms with Gasteiger partial charge in [0.25, 0.3) is 0 Å². The third kappa shape index (κ3) is 2.39. The Morgan fingerprint density at radius 2 is 2.12 bits per heavy atom. The number of hydrogen-bond donors (Lipinski definition) is 1. The van der Waals surface area contributed by atoms with E-state index in [1.54, 1.807) is 6.26 Å². The van der Waals surface area contributed by atoms with Crippen molar-refractivity contribution in [3.63, 3.8) is 0 Å². The van der Waals surface area contributed by atoms with Gasteiger partial charge in [0.2, 0.25) is 0 Å². The Kier molecular flexibility index (Phi) is 2.92. The van der Waals surface area contributed by atoms with Gasteiger partial charge >= 0.3 is 0 Å². The zero-order valence-electron chi connectivity index (χ0n) is 9.73. The Balaban J connectivity index is 1.76. The molecule has 2 heterocycles. The van der Waals surface area contributed by atoms with Gasteiger partial charge in [-0.3, -0.25) is 4.99 Å². The molecule has 0 unspecified atom stereocenters. The van der Waals surface area contributed by atoms with Crippen LogP contribution in [0, 0.1) is 0 Å². The molecule has 1 aromatic carbocycles. The number of nitrogens with one attached hydrogen (secondary N) is 1. The van der Waals surface area contributed by atoms with Gasteiger partial charge < -0.3 is 9.73 Å². The molecule has 17 heavy (non-hydrogen) atoms. The Labute approximate surface area is 101 Å². The van der Waals surface area contributed by atoms with Gasteiger partial charge in [0, 0.05) is 11.6 Å². The maximum atomic E-state index is 5.31.